The summed E-state index contributed by atoms with van der Waals surface area (Å²) in [7, 11) is 0. The van der Waals surface area contributed by atoms with Gasteiger partial charge in [-0.05, 0) is 42.8 Å². The average Bonchev–Trinajstić information content (AvgIpc) is 2.43. The lowest BCUT2D eigenvalue weighted by Crippen LogP contribution is -1.98. The molecule has 0 aliphatic heterocycles. The van der Waals surface area contributed by atoms with Gasteiger partial charge in [-0.15, -0.1) is 0 Å². The summed E-state index contributed by atoms with van der Waals surface area (Å²) in [6.07, 6.45) is 1.32. The van der Waals surface area contributed by atoms with Crippen LogP contribution < -0.4 is 5.32 Å². The third kappa shape index (κ3) is 2.14. The van der Waals surface area contributed by atoms with Crippen LogP contribution in [-0.4, -0.2) is 15.1 Å². The molecule has 100 valence electrons. The molecule has 4 nitrogen and oxygen atoms in total. The molecule has 0 fully saturated rings. The quantitative estimate of drug-likeness (QED) is 0.699. The van der Waals surface area contributed by atoms with Crippen LogP contribution in [0, 0.1) is 12.7 Å². The molecule has 2 aromatic carbocycles. The predicted molar refractivity (Wildman–Crippen MR) is 75.6 cm³/mol. The molecule has 0 bridgehead atoms. The van der Waals surface area contributed by atoms with Gasteiger partial charge in [0.2, 0.25) is 0 Å². The van der Waals surface area contributed by atoms with Crippen molar-refractivity contribution < 1.29 is 9.50 Å². The molecule has 1 aromatic heterocycles. The highest BCUT2D eigenvalue weighted by Gasteiger charge is 2.08. The Kier molecular flexibility index (Phi) is 2.95. The SMILES string of the molecule is Cc1cc(O)ccc1Nc1ncnc2c(F)cccc12. The van der Waals surface area contributed by atoms with E-state index in [1.165, 1.54) is 12.4 Å². The fourth-order valence-electron chi connectivity index (χ4n) is 2.07. The maximum absolute atomic E-state index is 13.7. The minimum atomic E-state index is -0.379. The van der Waals surface area contributed by atoms with Crippen LogP contribution in [0.15, 0.2) is 42.7 Å². The van der Waals surface area contributed by atoms with Crippen molar-refractivity contribution in [2.24, 2.45) is 0 Å². The van der Waals surface area contributed by atoms with Crippen LogP contribution >= 0.6 is 0 Å². The Bertz CT molecular complexity index is 789. The Balaban J connectivity index is 2.09. The summed E-state index contributed by atoms with van der Waals surface area (Å²) in [6, 6.07) is 9.72. The molecule has 0 saturated heterocycles. The first kappa shape index (κ1) is 12.3. The van der Waals surface area contributed by atoms with Crippen molar-refractivity contribution in [1.29, 1.82) is 0 Å². The van der Waals surface area contributed by atoms with Crippen molar-refractivity contribution in [2.75, 3.05) is 5.32 Å². The maximum atomic E-state index is 13.7. The van der Waals surface area contributed by atoms with Gasteiger partial charge in [0, 0.05) is 11.1 Å². The highest BCUT2D eigenvalue weighted by molar-refractivity contribution is 5.91. The number of phenols is 1. The normalized spacial score (nSPS) is 10.7. The fourth-order valence-corrected chi connectivity index (χ4v) is 2.07. The zero-order valence-electron chi connectivity index (χ0n) is 10.8. The summed E-state index contributed by atoms with van der Waals surface area (Å²) in [5, 5.41) is 13.2. The van der Waals surface area contributed by atoms with Gasteiger partial charge in [0.15, 0.2) is 0 Å². The first-order valence-electron chi connectivity index (χ1n) is 6.11. The van der Waals surface area contributed by atoms with Gasteiger partial charge in [0.25, 0.3) is 0 Å². The Morgan fingerprint density at radius 3 is 2.80 bits per heavy atom. The topological polar surface area (TPSA) is 58.0 Å². The van der Waals surface area contributed by atoms with Gasteiger partial charge in [-0.3, -0.25) is 0 Å². The van der Waals surface area contributed by atoms with E-state index in [9.17, 15) is 9.50 Å². The molecule has 3 aromatic rings. The van der Waals surface area contributed by atoms with Crippen molar-refractivity contribution in [3.05, 3.63) is 54.1 Å². The van der Waals surface area contributed by atoms with Gasteiger partial charge < -0.3 is 10.4 Å². The van der Waals surface area contributed by atoms with Gasteiger partial charge in [0.1, 0.15) is 29.2 Å². The number of benzene rings is 2. The molecule has 0 aliphatic carbocycles. The van der Waals surface area contributed by atoms with Gasteiger partial charge in [-0.25, -0.2) is 14.4 Å². The average molecular weight is 269 g/mol. The molecular weight excluding hydrogens is 257 g/mol. The van der Waals surface area contributed by atoms with Crippen molar-refractivity contribution in [3.63, 3.8) is 0 Å². The Morgan fingerprint density at radius 2 is 2.00 bits per heavy atom. The van der Waals surface area contributed by atoms with Gasteiger partial charge in [0.05, 0.1) is 0 Å². The lowest BCUT2D eigenvalue weighted by Gasteiger charge is -2.11. The monoisotopic (exact) mass is 269 g/mol. The van der Waals surface area contributed by atoms with Gasteiger partial charge in [-0.1, -0.05) is 6.07 Å². The van der Waals surface area contributed by atoms with Crippen LogP contribution in [-0.2, 0) is 0 Å². The third-order valence-corrected chi connectivity index (χ3v) is 3.08. The van der Waals surface area contributed by atoms with E-state index < -0.39 is 0 Å². The lowest BCUT2D eigenvalue weighted by atomic mass is 10.1. The summed E-state index contributed by atoms with van der Waals surface area (Å²) < 4.78 is 13.7. The van der Waals surface area contributed by atoms with E-state index in [-0.39, 0.29) is 17.1 Å². The standard InChI is InChI=1S/C15H12FN3O/c1-9-7-10(20)5-6-13(9)19-15-11-3-2-4-12(16)14(11)17-8-18-15/h2-8,20H,1H3,(H,17,18,19). The van der Waals surface area contributed by atoms with E-state index in [1.54, 1.807) is 30.3 Å². The molecule has 2 N–H and O–H groups in total. The van der Waals surface area contributed by atoms with E-state index in [0.717, 1.165) is 11.3 Å². The summed E-state index contributed by atoms with van der Waals surface area (Å²) in [4.78, 5) is 8.11. The number of phenolic OH excluding ortho intramolecular Hbond substituents is 1. The van der Waals surface area contributed by atoms with Crippen molar-refractivity contribution in [1.82, 2.24) is 9.97 Å². The van der Waals surface area contributed by atoms with Crippen LogP contribution in [0.4, 0.5) is 15.9 Å². The van der Waals surface area contributed by atoms with E-state index >= 15 is 0 Å². The largest absolute Gasteiger partial charge is 0.508 e. The first-order chi connectivity index (χ1) is 9.65. The molecule has 0 atom stereocenters. The highest BCUT2D eigenvalue weighted by atomic mass is 19.1. The van der Waals surface area contributed by atoms with Crippen LogP contribution in [0.25, 0.3) is 10.9 Å². The van der Waals surface area contributed by atoms with Crippen molar-refractivity contribution >= 4 is 22.4 Å². The maximum Gasteiger partial charge on any atom is 0.149 e. The second-order valence-corrected chi connectivity index (χ2v) is 4.48. The zero-order valence-corrected chi connectivity index (χ0v) is 10.8. The molecule has 0 radical (unpaired) electrons. The second kappa shape index (κ2) is 4.77. The third-order valence-electron chi connectivity index (χ3n) is 3.08. The number of hydrogen-bond acceptors (Lipinski definition) is 4. The van der Waals surface area contributed by atoms with Crippen molar-refractivity contribution in [3.8, 4) is 5.75 Å². The number of halogens is 1. The molecule has 0 saturated carbocycles. The number of para-hydroxylation sites is 1. The first-order valence-corrected chi connectivity index (χ1v) is 6.11. The van der Waals surface area contributed by atoms with E-state index in [1.807, 2.05) is 6.92 Å². The number of rotatable bonds is 2. The predicted octanol–water partition coefficient (Wildman–Crippen LogP) is 3.53. The van der Waals surface area contributed by atoms with Gasteiger partial charge in [-0.2, -0.15) is 0 Å². The summed E-state index contributed by atoms with van der Waals surface area (Å²) in [5.74, 6) is 0.352. The minimum absolute atomic E-state index is 0.201. The summed E-state index contributed by atoms with van der Waals surface area (Å²) >= 11 is 0. The lowest BCUT2D eigenvalue weighted by molar-refractivity contribution is 0.475. The van der Waals surface area contributed by atoms with Crippen LogP contribution in [0.1, 0.15) is 5.56 Å². The fraction of sp³-hybridized carbons (Fsp3) is 0.0667. The zero-order chi connectivity index (χ0) is 14.1. The molecule has 0 amide bonds. The number of aryl methyl sites for hydroxylation is 1. The molecule has 1 heterocycles. The van der Waals surface area contributed by atoms with E-state index in [0.29, 0.717) is 11.2 Å². The van der Waals surface area contributed by atoms with Gasteiger partial charge >= 0.3 is 0 Å². The van der Waals surface area contributed by atoms with E-state index in [2.05, 4.69) is 15.3 Å². The molecule has 0 unspecified atom stereocenters. The number of aromatic nitrogens is 2. The minimum Gasteiger partial charge on any atom is -0.508 e. The molecule has 5 heteroatoms. The molecule has 0 aliphatic rings. The van der Waals surface area contributed by atoms with Crippen LogP contribution in [0.2, 0.25) is 0 Å². The van der Waals surface area contributed by atoms with Crippen molar-refractivity contribution in [2.45, 2.75) is 6.92 Å². The molecule has 3 rings (SSSR count). The number of fused-ring (bicyclic) bond motifs is 1. The number of anilines is 2. The number of nitrogens with one attached hydrogen (secondary N) is 1. The molecule has 20 heavy (non-hydrogen) atoms. The van der Waals surface area contributed by atoms with Crippen LogP contribution in [0.5, 0.6) is 5.75 Å². The summed E-state index contributed by atoms with van der Waals surface area (Å²) in [5.41, 5.74) is 1.95. The highest BCUT2D eigenvalue weighted by Crippen LogP contribution is 2.27. The second-order valence-electron chi connectivity index (χ2n) is 4.48. The smallest absolute Gasteiger partial charge is 0.149 e. The molecule has 0 spiro atoms. The summed E-state index contributed by atoms with van der Waals surface area (Å²) in [6.45, 7) is 1.87. The Hall–Kier alpha value is -2.69. The molecular formula is C15H12FN3O. The number of hydrogen-bond donors (Lipinski definition) is 2. The van der Waals surface area contributed by atoms with E-state index in [4.69, 9.17) is 0 Å². The number of nitrogens with zero attached hydrogens (tertiary/aromatic N) is 2. The number of aromatic hydroxyl groups is 1. The Morgan fingerprint density at radius 1 is 1.15 bits per heavy atom. The van der Waals surface area contributed by atoms with Crippen LogP contribution in [0.3, 0.4) is 0 Å². The Labute approximate surface area is 114 Å².